The van der Waals surface area contributed by atoms with Gasteiger partial charge in [0.2, 0.25) is 0 Å². The Morgan fingerprint density at radius 2 is 2.11 bits per heavy atom. The molecule has 0 N–H and O–H groups in total. The van der Waals surface area contributed by atoms with Crippen LogP contribution in [-0.2, 0) is 10.6 Å². The van der Waals surface area contributed by atoms with Crippen LogP contribution < -0.4 is 4.90 Å². The van der Waals surface area contributed by atoms with Gasteiger partial charge < -0.3 is 9.64 Å². The molecule has 1 aliphatic heterocycles. The third-order valence-electron chi connectivity index (χ3n) is 3.62. The lowest BCUT2D eigenvalue weighted by molar-refractivity contribution is 0.0819. The third kappa shape index (κ3) is 3.37. The summed E-state index contributed by atoms with van der Waals surface area (Å²) < 4.78 is 5.40. The molecule has 0 spiro atoms. The quantitative estimate of drug-likeness (QED) is 0.797. The third-order valence-corrected chi connectivity index (χ3v) is 3.88. The first-order valence-corrected chi connectivity index (χ1v) is 7.38. The maximum absolute atomic E-state index is 6.04. The van der Waals surface area contributed by atoms with Crippen LogP contribution in [0.3, 0.4) is 0 Å². The fourth-order valence-electron chi connectivity index (χ4n) is 2.40. The van der Waals surface area contributed by atoms with Crippen molar-refractivity contribution < 1.29 is 4.74 Å². The van der Waals surface area contributed by atoms with Gasteiger partial charge in [0, 0.05) is 26.1 Å². The number of methoxy groups -OCH3 is 1. The highest BCUT2D eigenvalue weighted by Gasteiger charge is 2.21. The number of aromatic nitrogens is 2. The molecule has 0 atom stereocenters. The second kappa shape index (κ2) is 6.53. The summed E-state index contributed by atoms with van der Waals surface area (Å²) in [7, 11) is 1.78. The van der Waals surface area contributed by atoms with E-state index in [2.05, 4.69) is 28.7 Å². The minimum atomic E-state index is 0.329. The number of halogens is 1. The Morgan fingerprint density at radius 3 is 2.63 bits per heavy atom. The first kappa shape index (κ1) is 14.5. The Labute approximate surface area is 120 Å². The molecule has 4 nitrogen and oxygen atoms in total. The highest BCUT2D eigenvalue weighted by molar-refractivity contribution is 6.17. The molecule has 0 saturated carbocycles. The Balaban J connectivity index is 2.16. The van der Waals surface area contributed by atoms with Gasteiger partial charge in [-0.1, -0.05) is 13.8 Å². The molecule has 1 aliphatic rings. The van der Waals surface area contributed by atoms with Crippen LogP contribution in [0.1, 0.15) is 44.1 Å². The van der Waals surface area contributed by atoms with Gasteiger partial charge in [0.05, 0.1) is 29.6 Å². The zero-order valence-corrected chi connectivity index (χ0v) is 12.7. The lowest BCUT2D eigenvalue weighted by Crippen LogP contribution is -2.37. The van der Waals surface area contributed by atoms with Crippen LogP contribution in [0, 0.1) is 0 Å². The number of anilines is 1. The molecule has 0 amide bonds. The Kier molecular flexibility index (Phi) is 4.99. The van der Waals surface area contributed by atoms with Crippen molar-refractivity contribution in [3.8, 4) is 0 Å². The number of hydrogen-bond donors (Lipinski definition) is 0. The number of ether oxygens (including phenoxy) is 1. The highest BCUT2D eigenvalue weighted by atomic mass is 35.5. The summed E-state index contributed by atoms with van der Waals surface area (Å²) >= 11 is 6.04. The molecule has 0 radical (unpaired) electrons. The standard InChI is InChI=1S/C14H22ClN3O/c1-10(2)14-16-9-13(12(8-15)17-14)18-6-4-11(19-3)5-7-18/h9-11H,4-8H2,1-3H3. The predicted molar refractivity (Wildman–Crippen MR) is 77.9 cm³/mol. The van der Waals surface area contributed by atoms with E-state index >= 15 is 0 Å². The van der Waals surface area contributed by atoms with E-state index in [1.807, 2.05) is 6.20 Å². The number of alkyl halides is 1. The minimum Gasteiger partial charge on any atom is -0.381 e. The molecule has 0 unspecified atom stereocenters. The van der Waals surface area contributed by atoms with Gasteiger partial charge in [0.25, 0.3) is 0 Å². The Hall–Kier alpha value is -0.870. The summed E-state index contributed by atoms with van der Waals surface area (Å²) in [5.41, 5.74) is 2.02. The van der Waals surface area contributed by atoms with Gasteiger partial charge in [0.15, 0.2) is 0 Å². The topological polar surface area (TPSA) is 38.2 Å². The second-order valence-corrected chi connectivity index (χ2v) is 5.54. The normalized spacial score (nSPS) is 17.2. The molecule has 1 aromatic heterocycles. The van der Waals surface area contributed by atoms with E-state index in [4.69, 9.17) is 16.3 Å². The molecular formula is C14H22ClN3O. The van der Waals surface area contributed by atoms with E-state index in [0.717, 1.165) is 43.1 Å². The SMILES string of the molecule is COC1CCN(c2cnc(C(C)C)nc2CCl)CC1. The zero-order chi connectivity index (χ0) is 13.8. The van der Waals surface area contributed by atoms with Crippen LogP contribution in [0.15, 0.2) is 6.20 Å². The second-order valence-electron chi connectivity index (χ2n) is 5.27. The van der Waals surface area contributed by atoms with Gasteiger partial charge >= 0.3 is 0 Å². The van der Waals surface area contributed by atoms with E-state index < -0.39 is 0 Å². The van der Waals surface area contributed by atoms with E-state index in [-0.39, 0.29) is 0 Å². The monoisotopic (exact) mass is 283 g/mol. The molecule has 2 heterocycles. The van der Waals surface area contributed by atoms with Crippen LogP contribution in [0.5, 0.6) is 0 Å². The summed E-state index contributed by atoms with van der Waals surface area (Å²) in [5, 5.41) is 0. The van der Waals surface area contributed by atoms with Crippen LogP contribution in [0.4, 0.5) is 5.69 Å². The summed E-state index contributed by atoms with van der Waals surface area (Å²) in [6.07, 6.45) is 4.40. The Morgan fingerprint density at radius 1 is 1.42 bits per heavy atom. The number of rotatable bonds is 4. The Bertz CT molecular complexity index is 417. The van der Waals surface area contributed by atoms with Crippen molar-refractivity contribution in [1.29, 1.82) is 0 Å². The molecule has 0 bridgehead atoms. The van der Waals surface area contributed by atoms with Crippen LogP contribution in [-0.4, -0.2) is 36.3 Å². The molecule has 1 fully saturated rings. The van der Waals surface area contributed by atoms with Crippen molar-refractivity contribution in [3.63, 3.8) is 0 Å². The highest BCUT2D eigenvalue weighted by Crippen LogP contribution is 2.25. The summed E-state index contributed by atoms with van der Waals surface area (Å²) in [5.74, 6) is 1.63. The smallest absolute Gasteiger partial charge is 0.131 e. The van der Waals surface area contributed by atoms with Crippen molar-refractivity contribution in [2.45, 2.75) is 44.6 Å². The lowest BCUT2D eigenvalue weighted by Gasteiger charge is -2.33. The van der Waals surface area contributed by atoms with Crippen molar-refractivity contribution in [1.82, 2.24) is 9.97 Å². The van der Waals surface area contributed by atoms with Crippen LogP contribution in [0.2, 0.25) is 0 Å². The van der Waals surface area contributed by atoms with E-state index in [0.29, 0.717) is 17.9 Å². The molecule has 0 aliphatic carbocycles. The number of piperidine rings is 1. The predicted octanol–water partition coefficient (Wildman–Crippen LogP) is 2.95. The summed E-state index contributed by atoms with van der Waals surface area (Å²) in [6.45, 7) is 6.15. The van der Waals surface area contributed by atoms with E-state index in [1.54, 1.807) is 7.11 Å². The molecule has 2 rings (SSSR count). The van der Waals surface area contributed by atoms with Gasteiger partial charge in [-0.15, -0.1) is 11.6 Å². The zero-order valence-electron chi connectivity index (χ0n) is 11.9. The maximum Gasteiger partial charge on any atom is 0.131 e. The lowest BCUT2D eigenvalue weighted by atomic mass is 10.1. The molecular weight excluding hydrogens is 262 g/mol. The van der Waals surface area contributed by atoms with E-state index in [1.165, 1.54) is 0 Å². The van der Waals surface area contributed by atoms with E-state index in [9.17, 15) is 0 Å². The van der Waals surface area contributed by atoms with Gasteiger partial charge in [-0.25, -0.2) is 9.97 Å². The average molecular weight is 284 g/mol. The van der Waals surface area contributed by atoms with Crippen molar-refractivity contribution in [2.75, 3.05) is 25.1 Å². The molecule has 19 heavy (non-hydrogen) atoms. The molecule has 106 valence electrons. The minimum absolute atomic E-state index is 0.329. The fraction of sp³-hybridized carbons (Fsp3) is 0.714. The molecule has 0 aromatic carbocycles. The van der Waals surface area contributed by atoms with Crippen molar-refractivity contribution in [2.24, 2.45) is 0 Å². The summed E-state index contributed by atoms with van der Waals surface area (Å²) in [4.78, 5) is 11.4. The number of hydrogen-bond acceptors (Lipinski definition) is 4. The number of nitrogens with zero attached hydrogens (tertiary/aromatic N) is 3. The molecule has 5 heteroatoms. The summed E-state index contributed by atoms with van der Waals surface area (Å²) in [6, 6.07) is 0. The largest absolute Gasteiger partial charge is 0.381 e. The van der Waals surface area contributed by atoms with Gasteiger partial charge in [0.1, 0.15) is 5.82 Å². The van der Waals surface area contributed by atoms with Gasteiger partial charge in [-0.2, -0.15) is 0 Å². The molecule has 1 aromatic rings. The van der Waals surface area contributed by atoms with Gasteiger partial charge in [-0.05, 0) is 12.8 Å². The van der Waals surface area contributed by atoms with Crippen LogP contribution in [0.25, 0.3) is 0 Å². The average Bonchev–Trinajstić information content (AvgIpc) is 2.46. The van der Waals surface area contributed by atoms with Crippen molar-refractivity contribution >= 4 is 17.3 Å². The first-order valence-electron chi connectivity index (χ1n) is 6.85. The molecule has 1 saturated heterocycles. The first-order chi connectivity index (χ1) is 9.15. The fourth-order valence-corrected chi connectivity index (χ4v) is 2.60. The van der Waals surface area contributed by atoms with Crippen molar-refractivity contribution in [3.05, 3.63) is 17.7 Å². The van der Waals surface area contributed by atoms with Gasteiger partial charge in [-0.3, -0.25) is 0 Å². The maximum atomic E-state index is 6.04. The van der Waals surface area contributed by atoms with Crippen LogP contribution >= 0.6 is 11.6 Å².